The minimum atomic E-state index is -0.964. The first-order valence-corrected chi connectivity index (χ1v) is 7.54. The molecule has 2 atom stereocenters. The molecule has 0 bridgehead atoms. The molecule has 7 heteroatoms. The second-order valence-corrected chi connectivity index (χ2v) is 6.08. The van der Waals surface area contributed by atoms with Gasteiger partial charge >= 0.3 is 5.97 Å². The van der Waals surface area contributed by atoms with Gasteiger partial charge in [-0.1, -0.05) is 6.07 Å². The van der Waals surface area contributed by atoms with Crippen LogP contribution in [-0.4, -0.2) is 46.0 Å². The molecule has 3 N–H and O–H groups in total. The van der Waals surface area contributed by atoms with Crippen molar-refractivity contribution in [2.45, 2.75) is 12.1 Å². The highest BCUT2D eigenvalue weighted by Gasteiger charge is 2.35. The number of nitrogens with zero attached hydrogens (tertiary/aromatic N) is 1. The number of aliphatic carboxylic acids is 1. The molecule has 18 heavy (non-hydrogen) atoms. The van der Waals surface area contributed by atoms with Crippen LogP contribution in [0.25, 0.3) is 0 Å². The number of carboxylic acids is 1. The molecular formula is C11H14N2O3S2. The molecule has 0 aliphatic carbocycles. The van der Waals surface area contributed by atoms with E-state index in [-0.39, 0.29) is 5.91 Å². The summed E-state index contributed by atoms with van der Waals surface area (Å²) in [5.74, 6) is -0.0793. The zero-order chi connectivity index (χ0) is 13.1. The van der Waals surface area contributed by atoms with Crippen LogP contribution in [0.15, 0.2) is 17.5 Å². The number of carbonyl (C=O) groups excluding carboxylic acids is 1. The van der Waals surface area contributed by atoms with Gasteiger partial charge in [-0.3, -0.25) is 4.79 Å². The molecule has 1 amide bonds. The Morgan fingerprint density at radius 1 is 1.56 bits per heavy atom. The van der Waals surface area contributed by atoms with Crippen LogP contribution in [-0.2, 0) is 9.59 Å². The Balaban J connectivity index is 2.13. The van der Waals surface area contributed by atoms with Crippen molar-refractivity contribution in [3.05, 3.63) is 22.4 Å². The number of carbonyl (C=O) groups is 2. The van der Waals surface area contributed by atoms with E-state index in [1.165, 1.54) is 16.2 Å². The largest absolute Gasteiger partial charge is 0.480 e. The molecule has 2 heterocycles. The van der Waals surface area contributed by atoms with Crippen molar-refractivity contribution < 1.29 is 14.7 Å². The minimum absolute atomic E-state index is 0.301. The number of hydrogen-bond acceptors (Lipinski definition) is 5. The van der Waals surface area contributed by atoms with Crippen molar-refractivity contribution >= 4 is 35.0 Å². The van der Waals surface area contributed by atoms with Crippen molar-refractivity contribution in [2.75, 3.05) is 18.1 Å². The maximum Gasteiger partial charge on any atom is 0.327 e. The molecule has 1 aliphatic heterocycles. The van der Waals surface area contributed by atoms with Crippen LogP contribution in [0.3, 0.4) is 0 Å². The molecule has 2 rings (SSSR count). The molecule has 98 valence electrons. The molecule has 0 saturated carbocycles. The first-order valence-electron chi connectivity index (χ1n) is 5.51. The number of nitrogens with two attached hydrogens (primary N) is 1. The third-order valence-electron chi connectivity index (χ3n) is 2.81. The number of amides is 1. The van der Waals surface area contributed by atoms with Crippen LogP contribution >= 0.6 is 23.1 Å². The molecule has 1 fully saturated rings. The van der Waals surface area contributed by atoms with E-state index in [1.54, 1.807) is 17.8 Å². The molecule has 1 aromatic heterocycles. The standard InChI is InChI=1S/C11H14N2O3S2/c12-9(8-2-1-4-18-8)10(14)13-3-5-17-6-7(13)11(15)16/h1-2,4,7,9H,3,5-6,12H2,(H,15,16). The number of hydrogen-bond donors (Lipinski definition) is 2. The molecule has 2 unspecified atom stereocenters. The molecular weight excluding hydrogens is 272 g/mol. The third-order valence-corrected chi connectivity index (χ3v) is 4.79. The Labute approximate surface area is 113 Å². The van der Waals surface area contributed by atoms with Gasteiger partial charge in [-0.05, 0) is 11.4 Å². The summed E-state index contributed by atoms with van der Waals surface area (Å²) in [6, 6.07) is 2.10. The summed E-state index contributed by atoms with van der Waals surface area (Å²) in [6.45, 7) is 0.444. The predicted octanol–water partition coefficient (Wildman–Crippen LogP) is 0.777. The monoisotopic (exact) mass is 286 g/mol. The van der Waals surface area contributed by atoms with Crippen LogP contribution < -0.4 is 5.73 Å². The lowest BCUT2D eigenvalue weighted by Gasteiger charge is -2.34. The Hall–Kier alpha value is -1.05. The van der Waals surface area contributed by atoms with E-state index in [4.69, 9.17) is 10.8 Å². The molecule has 1 aliphatic rings. The minimum Gasteiger partial charge on any atom is -0.480 e. The van der Waals surface area contributed by atoms with Crippen LogP contribution in [0.5, 0.6) is 0 Å². The summed E-state index contributed by atoms with van der Waals surface area (Å²) in [5.41, 5.74) is 5.90. The fraction of sp³-hybridized carbons (Fsp3) is 0.455. The second kappa shape index (κ2) is 5.73. The molecule has 0 spiro atoms. The number of rotatable bonds is 3. The van der Waals surface area contributed by atoms with Crippen LogP contribution in [0.4, 0.5) is 0 Å². The average molecular weight is 286 g/mol. The SMILES string of the molecule is NC(C(=O)N1CCSCC1C(=O)O)c1cccs1. The van der Waals surface area contributed by atoms with E-state index in [2.05, 4.69) is 0 Å². The molecule has 1 aromatic rings. The van der Waals surface area contributed by atoms with Crippen molar-refractivity contribution in [3.63, 3.8) is 0 Å². The molecule has 1 saturated heterocycles. The number of thiophene rings is 1. The normalized spacial score (nSPS) is 21.6. The Morgan fingerprint density at radius 3 is 2.94 bits per heavy atom. The van der Waals surface area contributed by atoms with Gasteiger partial charge in [-0.15, -0.1) is 11.3 Å². The summed E-state index contributed by atoms with van der Waals surface area (Å²) in [4.78, 5) is 25.5. The van der Waals surface area contributed by atoms with Crippen molar-refractivity contribution in [1.29, 1.82) is 0 Å². The van der Waals surface area contributed by atoms with E-state index in [9.17, 15) is 9.59 Å². The summed E-state index contributed by atoms with van der Waals surface area (Å²) in [6.07, 6.45) is 0. The fourth-order valence-corrected chi connectivity index (χ4v) is 3.60. The van der Waals surface area contributed by atoms with Gasteiger partial charge in [-0.2, -0.15) is 11.8 Å². The highest BCUT2D eigenvalue weighted by Crippen LogP contribution is 2.23. The zero-order valence-electron chi connectivity index (χ0n) is 9.61. The lowest BCUT2D eigenvalue weighted by Crippen LogP contribution is -2.52. The van der Waals surface area contributed by atoms with Gasteiger partial charge in [0.2, 0.25) is 5.91 Å². The Bertz CT molecular complexity index is 436. The number of thioether (sulfide) groups is 1. The summed E-state index contributed by atoms with van der Waals surface area (Å²) in [7, 11) is 0. The zero-order valence-corrected chi connectivity index (χ0v) is 11.2. The highest BCUT2D eigenvalue weighted by molar-refractivity contribution is 7.99. The van der Waals surface area contributed by atoms with E-state index < -0.39 is 18.1 Å². The van der Waals surface area contributed by atoms with Gasteiger partial charge in [0.1, 0.15) is 12.1 Å². The maximum atomic E-state index is 12.2. The van der Waals surface area contributed by atoms with Gasteiger partial charge < -0.3 is 15.7 Å². The first kappa shape index (κ1) is 13.4. The van der Waals surface area contributed by atoms with Crippen LogP contribution in [0, 0.1) is 0 Å². The Morgan fingerprint density at radius 2 is 2.33 bits per heavy atom. The number of carboxylic acid groups (broad SMARTS) is 1. The molecule has 0 aromatic carbocycles. The van der Waals surface area contributed by atoms with Gasteiger partial charge in [-0.25, -0.2) is 4.79 Å². The maximum absolute atomic E-state index is 12.2. The quantitative estimate of drug-likeness (QED) is 0.858. The fourth-order valence-electron chi connectivity index (χ4n) is 1.84. The van der Waals surface area contributed by atoms with E-state index >= 15 is 0 Å². The van der Waals surface area contributed by atoms with Crippen molar-refractivity contribution in [3.8, 4) is 0 Å². The van der Waals surface area contributed by atoms with E-state index in [0.717, 1.165) is 10.6 Å². The van der Waals surface area contributed by atoms with Gasteiger partial charge in [0.05, 0.1) is 0 Å². The lowest BCUT2D eigenvalue weighted by molar-refractivity contribution is -0.149. The highest BCUT2D eigenvalue weighted by atomic mass is 32.2. The smallest absolute Gasteiger partial charge is 0.327 e. The lowest BCUT2D eigenvalue weighted by atomic mass is 10.2. The topological polar surface area (TPSA) is 83.6 Å². The van der Waals surface area contributed by atoms with Crippen LogP contribution in [0.1, 0.15) is 10.9 Å². The molecule has 5 nitrogen and oxygen atoms in total. The third kappa shape index (κ3) is 2.68. The predicted molar refractivity (Wildman–Crippen MR) is 71.7 cm³/mol. The van der Waals surface area contributed by atoms with Crippen molar-refractivity contribution in [2.24, 2.45) is 5.73 Å². The van der Waals surface area contributed by atoms with E-state index in [1.807, 2.05) is 11.4 Å². The second-order valence-electron chi connectivity index (χ2n) is 3.95. The summed E-state index contributed by atoms with van der Waals surface area (Å²) in [5, 5.41) is 11.0. The first-order chi connectivity index (χ1) is 8.61. The average Bonchev–Trinajstić information content (AvgIpc) is 2.90. The van der Waals surface area contributed by atoms with Gasteiger partial charge in [0, 0.05) is 22.9 Å². The molecule has 0 radical (unpaired) electrons. The van der Waals surface area contributed by atoms with E-state index in [0.29, 0.717) is 12.3 Å². The summed E-state index contributed by atoms with van der Waals surface area (Å²) < 4.78 is 0. The van der Waals surface area contributed by atoms with Gasteiger partial charge in [0.25, 0.3) is 0 Å². The van der Waals surface area contributed by atoms with Gasteiger partial charge in [0.15, 0.2) is 0 Å². The van der Waals surface area contributed by atoms with Crippen molar-refractivity contribution in [1.82, 2.24) is 4.90 Å². The summed E-state index contributed by atoms with van der Waals surface area (Å²) >= 11 is 2.96. The van der Waals surface area contributed by atoms with Crippen LogP contribution in [0.2, 0.25) is 0 Å². The Kier molecular flexibility index (Phi) is 4.26.